The normalized spacial score (nSPS) is 38.7. The fourth-order valence-corrected chi connectivity index (χ4v) is 6.26. The largest absolute Gasteiger partial charge is 0.327 e. The molecule has 4 saturated carbocycles. The molecule has 4 bridgehead atoms. The van der Waals surface area contributed by atoms with Gasteiger partial charge in [-0.1, -0.05) is 29.3 Å². The summed E-state index contributed by atoms with van der Waals surface area (Å²) in [4.78, 5) is 0. The fraction of sp³-hybridized carbons (Fsp3) is 0.667. The zero-order valence-corrected chi connectivity index (χ0v) is 13.8. The fourth-order valence-electron chi connectivity index (χ4n) is 5.77. The second-order valence-electron chi connectivity index (χ2n) is 7.83. The zero-order chi connectivity index (χ0) is 14.6. The van der Waals surface area contributed by atoms with E-state index in [0.717, 1.165) is 34.8 Å². The van der Waals surface area contributed by atoms with Gasteiger partial charge in [-0.25, -0.2) is 0 Å². The van der Waals surface area contributed by atoms with Gasteiger partial charge in [-0.05, 0) is 85.8 Å². The van der Waals surface area contributed by atoms with Gasteiger partial charge >= 0.3 is 0 Å². The summed E-state index contributed by atoms with van der Waals surface area (Å²) >= 11 is 12.3. The molecule has 0 aliphatic heterocycles. The van der Waals surface area contributed by atoms with Crippen molar-refractivity contribution in [2.75, 3.05) is 0 Å². The molecule has 1 aromatic carbocycles. The summed E-state index contributed by atoms with van der Waals surface area (Å²) in [5.41, 5.74) is 8.26. The molecule has 2 N–H and O–H groups in total. The van der Waals surface area contributed by atoms with Crippen molar-refractivity contribution < 1.29 is 0 Å². The van der Waals surface area contributed by atoms with Crippen molar-refractivity contribution in [3.63, 3.8) is 0 Å². The van der Waals surface area contributed by atoms with Crippen LogP contribution in [0.15, 0.2) is 18.2 Å². The molecule has 5 rings (SSSR count). The van der Waals surface area contributed by atoms with Crippen molar-refractivity contribution in [2.24, 2.45) is 28.9 Å². The lowest BCUT2D eigenvalue weighted by atomic mass is 9.47. The summed E-state index contributed by atoms with van der Waals surface area (Å²) in [6, 6.07) is 6.05. The maximum absolute atomic E-state index is 6.72. The number of benzene rings is 1. The Labute approximate surface area is 137 Å². The van der Waals surface area contributed by atoms with E-state index in [1.807, 2.05) is 18.2 Å². The minimum absolute atomic E-state index is 0.240. The summed E-state index contributed by atoms with van der Waals surface area (Å²) in [5, 5.41) is 1.47. The molecule has 114 valence electrons. The molecule has 1 atom stereocenters. The van der Waals surface area contributed by atoms with Gasteiger partial charge in [-0.3, -0.25) is 0 Å². The van der Waals surface area contributed by atoms with Gasteiger partial charge in [0.25, 0.3) is 0 Å². The Morgan fingerprint density at radius 2 is 1.62 bits per heavy atom. The molecule has 4 fully saturated rings. The Balaban J connectivity index is 1.56. The molecule has 0 heterocycles. The third kappa shape index (κ3) is 2.52. The van der Waals surface area contributed by atoms with E-state index < -0.39 is 0 Å². The molecule has 0 radical (unpaired) electrons. The Kier molecular flexibility index (Phi) is 3.52. The van der Waals surface area contributed by atoms with Gasteiger partial charge < -0.3 is 5.73 Å². The predicted molar refractivity (Wildman–Crippen MR) is 88.7 cm³/mol. The van der Waals surface area contributed by atoms with Crippen molar-refractivity contribution in [3.8, 4) is 0 Å². The van der Waals surface area contributed by atoms with E-state index in [9.17, 15) is 0 Å². The van der Waals surface area contributed by atoms with Crippen LogP contribution in [0.3, 0.4) is 0 Å². The molecular formula is C18H23Cl2N. The monoisotopic (exact) mass is 323 g/mol. The Bertz CT molecular complexity index is 519. The minimum atomic E-state index is 0.240. The van der Waals surface area contributed by atoms with Gasteiger partial charge in [-0.15, -0.1) is 0 Å². The van der Waals surface area contributed by atoms with Gasteiger partial charge in [0.05, 0.1) is 0 Å². The summed E-state index contributed by atoms with van der Waals surface area (Å²) < 4.78 is 0. The van der Waals surface area contributed by atoms with Gasteiger partial charge in [0.1, 0.15) is 0 Å². The lowest BCUT2D eigenvalue weighted by Gasteiger charge is -2.59. The molecule has 4 aliphatic rings. The standard InChI is InChI=1S/C18H23Cl2N/c19-15-2-1-14(16(20)7-15)6-17(21)18-8-11-3-12(9-18)5-13(4-11)10-18/h1-2,7,11-13,17H,3-6,8-10,21H2. The van der Waals surface area contributed by atoms with Crippen LogP contribution in [0.1, 0.15) is 44.1 Å². The highest BCUT2D eigenvalue weighted by molar-refractivity contribution is 6.35. The van der Waals surface area contributed by atoms with Gasteiger partial charge in [0.15, 0.2) is 0 Å². The third-order valence-electron chi connectivity index (χ3n) is 6.33. The maximum atomic E-state index is 6.72. The van der Waals surface area contributed by atoms with Crippen LogP contribution in [0.2, 0.25) is 10.0 Å². The molecule has 1 aromatic rings. The van der Waals surface area contributed by atoms with E-state index in [1.54, 1.807) is 0 Å². The van der Waals surface area contributed by atoms with E-state index >= 15 is 0 Å². The predicted octanol–water partition coefficient (Wildman–Crippen LogP) is 5.08. The van der Waals surface area contributed by atoms with Crippen molar-refractivity contribution in [1.29, 1.82) is 0 Å². The first-order valence-electron chi connectivity index (χ1n) is 8.23. The molecule has 0 saturated heterocycles. The Morgan fingerprint density at radius 1 is 1.05 bits per heavy atom. The van der Waals surface area contributed by atoms with E-state index in [4.69, 9.17) is 28.9 Å². The zero-order valence-electron chi connectivity index (χ0n) is 12.3. The summed E-state index contributed by atoms with van der Waals surface area (Å²) in [6.07, 6.45) is 9.35. The quantitative estimate of drug-likeness (QED) is 0.824. The van der Waals surface area contributed by atoms with Crippen molar-refractivity contribution >= 4 is 23.2 Å². The topological polar surface area (TPSA) is 26.0 Å². The summed E-state index contributed by atoms with van der Waals surface area (Å²) in [7, 11) is 0. The first-order chi connectivity index (χ1) is 10.0. The molecule has 0 spiro atoms. The molecule has 1 unspecified atom stereocenters. The van der Waals surface area contributed by atoms with Crippen molar-refractivity contribution in [2.45, 2.75) is 51.0 Å². The highest BCUT2D eigenvalue weighted by atomic mass is 35.5. The Morgan fingerprint density at radius 3 is 2.14 bits per heavy atom. The SMILES string of the molecule is NC(Cc1ccc(Cl)cc1Cl)C12CC3CC(CC(C3)C1)C2. The molecule has 21 heavy (non-hydrogen) atoms. The highest BCUT2D eigenvalue weighted by Gasteiger charge is 2.53. The summed E-state index contributed by atoms with van der Waals surface area (Å²) in [5.74, 6) is 2.84. The van der Waals surface area contributed by atoms with Gasteiger partial charge in [0, 0.05) is 16.1 Å². The number of hydrogen-bond donors (Lipinski definition) is 1. The van der Waals surface area contributed by atoms with Crippen LogP contribution >= 0.6 is 23.2 Å². The van der Waals surface area contributed by atoms with E-state index in [0.29, 0.717) is 10.4 Å². The first kappa shape index (κ1) is 14.4. The third-order valence-corrected chi connectivity index (χ3v) is 6.91. The van der Waals surface area contributed by atoms with Gasteiger partial charge in [0.2, 0.25) is 0 Å². The van der Waals surface area contributed by atoms with Crippen LogP contribution < -0.4 is 5.73 Å². The second-order valence-corrected chi connectivity index (χ2v) is 8.67. The van der Waals surface area contributed by atoms with Crippen molar-refractivity contribution in [1.82, 2.24) is 0 Å². The summed E-state index contributed by atoms with van der Waals surface area (Å²) in [6.45, 7) is 0. The molecule has 0 aromatic heterocycles. The molecule has 1 nitrogen and oxygen atoms in total. The second kappa shape index (κ2) is 5.15. The van der Waals surface area contributed by atoms with Crippen LogP contribution in [0.5, 0.6) is 0 Å². The average molecular weight is 324 g/mol. The number of halogens is 2. The highest BCUT2D eigenvalue weighted by Crippen LogP contribution is 2.61. The molecule has 4 aliphatic carbocycles. The average Bonchev–Trinajstić information content (AvgIpc) is 2.40. The first-order valence-corrected chi connectivity index (χ1v) is 8.99. The maximum Gasteiger partial charge on any atom is 0.0453 e. The number of rotatable bonds is 3. The lowest BCUT2D eigenvalue weighted by molar-refractivity contribution is -0.0667. The van der Waals surface area contributed by atoms with E-state index in [-0.39, 0.29) is 6.04 Å². The number of hydrogen-bond acceptors (Lipinski definition) is 1. The molecule has 3 heteroatoms. The van der Waals surface area contributed by atoms with Crippen LogP contribution in [-0.4, -0.2) is 6.04 Å². The number of nitrogens with two attached hydrogens (primary N) is 1. The van der Waals surface area contributed by atoms with Crippen LogP contribution in [0.4, 0.5) is 0 Å². The van der Waals surface area contributed by atoms with Crippen LogP contribution in [-0.2, 0) is 6.42 Å². The van der Waals surface area contributed by atoms with Crippen molar-refractivity contribution in [3.05, 3.63) is 33.8 Å². The lowest BCUT2D eigenvalue weighted by Crippen LogP contribution is -2.55. The Hall–Kier alpha value is -0.240. The minimum Gasteiger partial charge on any atom is -0.327 e. The van der Waals surface area contributed by atoms with Crippen LogP contribution in [0, 0.1) is 23.2 Å². The smallest absolute Gasteiger partial charge is 0.0453 e. The van der Waals surface area contributed by atoms with Crippen LogP contribution in [0.25, 0.3) is 0 Å². The molecular weight excluding hydrogens is 301 g/mol. The van der Waals surface area contributed by atoms with Gasteiger partial charge in [-0.2, -0.15) is 0 Å². The van der Waals surface area contributed by atoms with E-state index in [1.165, 1.54) is 38.5 Å². The van der Waals surface area contributed by atoms with E-state index in [2.05, 4.69) is 0 Å². The molecule has 0 amide bonds.